The highest BCUT2D eigenvalue weighted by atomic mass is 32.2. The topological polar surface area (TPSA) is 92.3 Å². The highest BCUT2D eigenvalue weighted by Crippen LogP contribution is 2.24. The van der Waals surface area contributed by atoms with E-state index in [-0.39, 0.29) is 15.8 Å². The summed E-state index contributed by atoms with van der Waals surface area (Å²) in [4.78, 5) is -0.244. The quantitative estimate of drug-likeness (QED) is 0.749. The summed E-state index contributed by atoms with van der Waals surface area (Å²) in [6.07, 6.45) is 1.57. The molecule has 0 saturated heterocycles. The van der Waals surface area contributed by atoms with E-state index in [4.69, 9.17) is 0 Å². The van der Waals surface area contributed by atoms with Crippen LogP contribution in [0.2, 0.25) is 0 Å². The maximum atomic E-state index is 13.0. The molecule has 1 saturated carbocycles. The molecule has 140 valence electrons. The molecule has 0 heterocycles. The summed E-state index contributed by atoms with van der Waals surface area (Å²) in [5, 5.41) is 0. The molecule has 2 aromatic rings. The SMILES string of the molecule is CC(NS(=O)(=O)c1cccc(S(=O)(=O)NC2CC2)c1)c1ccc(F)cc1. The first kappa shape index (κ1) is 19.0. The minimum atomic E-state index is -3.95. The molecule has 2 N–H and O–H groups in total. The highest BCUT2D eigenvalue weighted by Gasteiger charge is 2.29. The molecule has 26 heavy (non-hydrogen) atoms. The fraction of sp³-hybridized carbons (Fsp3) is 0.294. The Bertz CT molecular complexity index is 1000. The summed E-state index contributed by atoms with van der Waals surface area (Å²) in [5.41, 5.74) is 0.592. The van der Waals surface area contributed by atoms with Gasteiger partial charge in [0.25, 0.3) is 0 Å². The number of benzene rings is 2. The van der Waals surface area contributed by atoms with Crippen molar-refractivity contribution in [1.29, 1.82) is 0 Å². The van der Waals surface area contributed by atoms with Crippen LogP contribution in [-0.2, 0) is 20.0 Å². The number of hydrogen-bond acceptors (Lipinski definition) is 4. The summed E-state index contributed by atoms with van der Waals surface area (Å²) < 4.78 is 67.7. The molecule has 0 bridgehead atoms. The van der Waals surface area contributed by atoms with Gasteiger partial charge in [-0.05, 0) is 55.7 Å². The number of nitrogens with one attached hydrogen (secondary N) is 2. The monoisotopic (exact) mass is 398 g/mol. The molecular weight excluding hydrogens is 379 g/mol. The van der Waals surface area contributed by atoms with Gasteiger partial charge < -0.3 is 0 Å². The van der Waals surface area contributed by atoms with Crippen molar-refractivity contribution in [3.63, 3.8) is 0 Å². The minimum absolute atomic E-state index is 0.0723. The van der Waals surface area contributed by atoms with Crippen LogP contribution in [0.25, 0.3) is 0 Å². The lowest BCUT2D eigenvalue weighted by molar-refractivity contribution is 0.566. The smallest absolute Gasteiger partial charge is 0.208 e. The Kier molecular flexibility index (Phi) is 5.16. The van der Waals surface area contributed by atoms with Crippen molar-refractivity contribution in [3.05, 3.63) is 59.9 Å². The van der Waals surface area contributed by atoms with E-state index in [9.17, 15) is 21.2 Å². The van der Waals surface area contributed by atoms with Crippen molar-refractivity contribution in [1.82, 2.24) is 9.44 Å². The van der Waals surface area contributed by atoms with Gasteiger partial charge in [0.1, 0.15) is 5.82 Å². The highest BCUT2D eigenvalue weighted by molar-refractivity contribution is 7.90. The van der Waals surface area contributed by atoms with E-state index < -0.39 is 31.9 Å². The molecule has 0 aliphatic heterocycles. The zero-order valence-electron chi connectivity index (χ0n) is 14.0. The van der Waals surface area contributed by atoms with E-state index in [1.54, 1.807) is 6.92 Å². The summed E-state index contributed by atoms with van der Waals surface area (Å²) in [7, 11) is -7.70. The van der Waals surface area contributed by atoms with Gasteiger partial charge in [0.2, 0.25) is 20.0 Å². The standard InChI is InChI=1S/C17H19FN2O4S2/c1-12(13-5-7-14(18)8-6-13)19-25(21,22)16-3-2-4-17(11-16)26(23,24)20-15-9-10-15/h2-8,11-12,15,19-20H,9-10H2,1H3. The van der Waals surface area contributed by atoms with Crippen LogP contribution in [0.4, 0.5) is 4.39 Å². The van der Waals surface area contributed by atoms with Crippen LogP contribution >= 0.6 is 0 Å². The summed E-state index contributed by atoms with van der Waals surface area (Å²) in [6, 6.07) is 9.99. The van der Waals surface area contributed by atoms with Crippen molar-refractivity contribution in [3.8, 4) is 0 Å². The molecule has 9 heteroatoms. The van der Waals surface area contributed by atoms with Gasteiger partial charge in [0.15, 0.2) is 0 Å². The van der Waals surface area contributed by atoms with E-state index in [1.807, 2.05) is 0 Å². The van der Waals surface area contributed by atoms with Crippen LogP contribution in [-0.4, -0.2) is 22.9 Å². The fourth-order valence-corrected chi connectivity index (χ4v) is 5.12. The Morgan fingerprint density at radius 2 is 1.54 bits per heavy atom. The average Bonchev–Trinajstić information content (AvgIpc) is 3.38. The van der Waals surface area contributed by atoms with Gasteiger partial charge in [-0.15, -0.1) is 0 Å². The number of rotatable bonds is 7. The van der Waals surface area contributed by atoms with E-state index in [2.05, 4.69) is 9.44 Å². The van der Waals surface area contributed by atoms with Crippen LogP contribution in [0, 0.1) is 5.82 Å². The Morgan fingerprint density at radius 3 is 2.12 bits per heavy atom. The van der Waals surface area contributed by atoms with E-state index in [1.165, 1.54) is 42.5 Å². The van der Waals surface area contributed by atoms with Gasteiger partial charge in [-0.1, -0.05) is 18.2 Å². The molecule has 0 radical (unpaired) electrons. The first-order valence-corrected chi connectivity index (χ1v) is 11.0. The third-order valence-electron chi connectivity index (χ3n) is 4.03. The third-order valence-corrected chi connectivity index (χ3v) is 7.08. The van der Waals surface area contributed by atoms with Gasteiger partial charge in [0.05, 0.1) is 9.79 Å². The lowest BCUT2D eigenvalue weighted by atomic mass is 10.1. The molecule has 1 aliphatic carbocycles. The van der Waals surface area contributed by atoms with Crippen LogP contribution in [0.1, 0.15) is 31.4 Å². The molecule has 0 aromatic heterocycles. The molecule has 1 atom stereocenters. The first-order valence-electron chi connectivity index (χ1n) is 8.07. The Labute approximate surface area is 152 Å². The zero-order chi connectivity index (χ0) is 18.9. The predicted molar refractivity (Wildman–Crippen MR) is 94.9 cm³/mol. The molecule has 1 unspecified atom stereocenters. The second kappa shape index (κ2) is 7.07. The zero-order valence-corrected chi connectivity index (χ0v) is 15.6. The van der Waals surface area contributed by atoms with E-state index in [0.29, 0.717) is 5.56 Å². The number of sulfonamides is 2. The summed E-state index contributed by atoms with van der Waals surface area (Å²) in [6.45, 7) is 1.63. The lowest BCUT2D eigenvalue weighted by Gasteiger charge is -2.15. The fourth-order valence-electron chi connectivity index (χ4n) is 2.42. The number of hydrogen-bond donors (Lipinski definition) is 2. The van der Waals surface area contributed by atoms with Crippen LogP contribution in [0.5, 0.6) is 0 Å². The van der Waals surface area contributed by atoms with Crippen molar-refractivity contribution >= 4 is 20.0 Å². The predicted octanol–water partition coefficient (Wildman–Crippen LogP) is 2.31. The Balaban J connectivity index is 1.82. The van der Waals surface area contributed by atoms with E-state index in [0.717, 1.165) is 18.9 Å². The normalized spacial score (nSPS) is 16.4. The first-order chi connectivity index (χ1) is 12.2. The molecule has 1 fully saturated rings. The molecule has 0 spiro atoms. The van der Waals surface area contributed by atoms with Gasteiger partial charge in [0, 0.05) is 12.1 Å². The van der Waals surface area contributed by atoms with Crippen LogP contribution in [0.15, 0.2) is 58.3 Å². The second-order valence-electron chi connectivity index (χ2n) is 6.26. The van der Waals surface area contributed by atoms with Crippen molar-refractivity contribution in [2.45, 2.75) is 41.6 Å². The maximum absolute atomic E-state index is 13.0. The average molecular weight is 398 g/mol. The number of halogens is 1. The molecule has 3 rings (SSSR count). The van der Waals surface area contributed by atoms with Gasteiger partial charge in [-0.3, -0.25) is 0 Å². The maximum Gasteiger partial charge on any atom is 0.241 e. The molecule has 6 nitrogen and oxygen atoms in total. The third kappa shape index (κ3) is 4.47. The van der Waals surface area contributed by atoms with Crippen molar-refractivity contribution < 1.29 is 21.2 Å². The van der Waals surface area contributed by atoms with Gasteiger partial charge in [-0.25, -0.2) is 30.7 Å². The summed E-state index contributed by atoms with van der Waals surface area (Å²) in [5.74, 6) is -0.412. The Morgan fingerprint density at radius 1 is 0.962 bits per heavy atom. The second-order valence-corrected chi connectivity index (χ2v) is 9.69. The van der Waals surface area contributed by atoms with Crippen LogP contribution < -0.4 is 9.44 Å². The van der Waals surface area contributed by atoms with Gasteiger partial charge in [-0.2, -0.15) is 0 Å². The van der Waals surface area contributed by atoms with Crippen LogP contribution in [0.3, 0.4) is 0 Å². The molecule has 1 aliphatic rings. The molecule has 2 aromatic carbocycles. The molecule has 0 amide bonds. The minimum Gasteiger partial charge on any atom is -0.208 e. The largest absolute Gasteiger partial charge is 0.241 e. The lowest BCUT2D eigenvalue weighted by Crippen LogP contribution is -2.28. The van der Waals surface area contributed by atoms with E-state index >= 15 is 0 Å². The Hall–Kier alpha value is -1.81. The molecular formula is C17H19FN2O4S2. The van der Waals surface area contributed by atoms with Gasteiger partial charge >= 0.3 is 0 Å². The van der Waals surface area contributed by atoms with Crippen molar-refractivity contribution in [2.24, 2.45) is 0 Å². The summed E-state index contributed by atoms with van der Waals surface area (Å²) >= 11 is 0. The van der Waals surface area contributed by atoms with Crippen molar-refractivity contribution in [2.75, 3.05) is 0 Å².